The number of carbonyl (C=O) groups excluding carboxylic acids is 2. The summed E-state index contributed by atoms with van der Waals surface area (Å²) in [6.07, 6.45) is 4.23. The number of ether oxygens (including phenoxy) is 3. The van der Waals surface area contributed by atoms with Crippen LogP contribution in [0.25, 0.3) is 0 Å². The minimum Gasteiger partial charge on any atom is -0.496 e. The Balaban J connectivity index is 1.33. The van der Waals surface area contributed by atoms with E-state index in [0.29, 0.717) is 30.3 Å². The van der Waals surface area contributed by atoms with Gasteiger partial charge in [0.05, 0.1) is 39.6 Å². The lowest BCUT2D eigenvalue weighted by Gasteiger charge is -2.19. The number of nitrogens with zero attached hydrogens (tertiary/aromatic N) is 3. The predicted molar refractivity (Wildman–Crippen MR) is 131 cm³/mol. The van der Waals surface area contributed by atoms with E-state index in [2.05, 4.69) is 10.4 Å². The lowest BCUT2D eigenvalue weighted by Crippen LogP contribution is -2.31. The first kappa shape index (κ1) is 24.1. The first-order valence-electron chi connectivity index (χ1n) is 11.4. The van der Waals surface area contributed by atoms with Crippen LogP contribution in [0.5, 0.6) is 17.2 Å². The fraction of sp³-hybridized carbons (Fsp3) is 0.346. The van der Waals surface area contributed by atoms with Crippen LogP contribution in [-0.2, 0) is 22.6 Å². The van der Waals surface area contributed by atoms with Crippen molar-refractivity contribution in [1.29, 1.82) is 0 Å². The summed E-state index contributed by atoms with van der Waals surface area (Å²) in [6.45, 7) is 1.37. The van der Waals surface area contributed by atoms with E-state index < -0.39 is 0 Å². The van der Waals surface area contributed by atoms with Gasteiger partial charge in [-0.15, -0.1) is 0 Å². The molecule has 1 aliphatic heterocycles. The first-order valence-corrected chi connectivity index (χ1v) is 11.4. The van der Waals surface area contributed by atoms with Crippen LogP contribution in [0, 0.1) is 0 Å². The van der Waals surface area contributed by atoms with Crippen LogP contribution in [0.1, 0.15) is 23.5 Å². The molecule has 3 aromatic rings. The Kier molecular flexibility index (Phi) is 7.54. The van der Waals surface area contributed by atoms with Crippen molar-refractivity contribution < 1.29 is 23.8 Å². The molecule has 1 saturated heterocycles. The number of hydrogen-bond acceptors (Lipinski definition) is 6. The maximum Gasteiger partial charge on any atom is 0.244 e. The molecule has 1 aromatic heterocycles. The summed E-state index contributed by atoms with van der Waals surface area (Å²) in [5.74, 6) is 2.03. The number of likely N-dealkylation sites (tertiary alicyclic amines) is 1. The van der Waals surface area contributed by atoms with Crippen molar-refractivity contribution >= 4 is 17.5 Å². The van der Waals surface area contributed by atoms with Crippen molar-refractivity contribution in [2.24, 2.45) is 0 Å². The zero-order valence-electron chi connectivity index (χ0n) is 20.2. The van der Waals surface area contributed by atoms with Gasteiger partial charge in [0, 0.05) is 36.3 Å². The third-order valence-corrected chi connectivity index (χ3v) is 6.17. The van der Waals surface area contributed by atoms with Gasteiger partial charge >= 0.3 is 0 Å². The number of benzene rings is 2. The van der Waals surface area contributed by atoms with E-state index in [1.807, 2.05) is 47.4 Å². The Bertz CT molecular complexity index is 1190. The summed E-state index contributed by atoms with van der Waals surface area (Å²) in [6, 6.07) is 13.2. The minimum atomic E-state index is -0.185. The molecule has 0 saturated carbocycles. The van der Waals surface area contributed by atoms with Crippen LogP contribution >= 0.6 is 0 Å². The zero-order chi connectivity index (χ0) is 24.8. The highest BCUT2D eigenvalue weighted by Crippen LogP contribution is 2.39. The lowest BCUT2D eigenvalue weighted by atomic mass is 9.97. The molecular weight excluding hydrogens is 448 g/mol. The van der Waals surface area contributed by atoms with Gasteiger partial charge in [0.2, 0.25) is 11.8 Å². The molecule has 1 aliphatic rings. The van der Waals surface area contributed by atoms with E-state index in [0.717, 1.165) is 23.3 Å². The van der Waals surface area contributed by atoms with Crippen molar-refractivity contribution in [3.05, 3.63) is 66.0 Å². The van der Waals surface area contributed by atoms with Gasteiger partial charge in [-0.3, -0.25) is 14.3 Å². The predicted octanol–water partition coefficient (Wildman–Crippen LogP) is 3.11. The molecular formula is C26H30N4O5. The molecule has 0 bridgehead atoms. The molecule has 1 N–H and O–H groups in total. The molecule has 2 amide bonds. The number of aromatic nitrogens is 2. The third kappa shape index (κ3) is 5.56. The molecule has 2 heterocycles. The van der Waals surface area contributed by atoms with Gasteiger partial charge in [-0.1, -0.05) is 30.3 Å². The quantitative estimate of drug-likeness (QED) is 0.508. The molecule has 1 fully saturated rings. The van der Waals surface area contributed by atoms with Crippen molar-refractivity contribution in [3.63, 3.8) is 0 Å². The van der Waals surface area contributed by atoms with Crippen LogP contribution in [0.15, 0.2) is 54.9 Å². The molecule has 4 rings (SSSR count). The number of para-hydroxylation sites is 2. The number of anilines is 1. The second-order valence-corrected chi connectivity index (χ2v) is 8.37. The second kappa shape index (κ2) is 10.9. The molecule has 184 valence electrons. The SMILES string of the molecule is COc1ccccc1CC(=O)Nc1cnn(CC(=O)N2CC[C@@H](c3cccc(OC)c3OC)C2)c1. The Morgan fingerprint density at radius 1 is 1.03 bits per heavy atom. The van der Waals surface area contributed by atoms with Crippen LogP contribution in [0.3, 0.4) is 0 Å². The number of hydrogen-bond donors (Lipinski definition) is 1. The topological polar surface area (TPSA) is 94.9 Å². The van der Waals surface area contributed by atoms with Crippen LogP contribution in [0.2, 0.25) is 0 Å². The molecule has 9 heteroatoms. The largest absolute Gasteiger partial charge is 0.496 e. The van der Waals surface area contributed by atoms with E-state index in [4.69, 9.17) is 14.2 Å². The average molecular weight is 479 g/mol. The Labute approximate surface area is 204 Å². The highest BCUT2D eigenvalue weighted by Gasteiger charge is 2.30. The Hall–Kier alpha value is -4.01. The van der Waals surface area contributed by atoms with Gasteiger partial charge in [0.1, 0.15) is 12.3 Å². The monoisotopic (exact) mass is 478 g/mol. The van der Waals surface area contributed by atoms with E-state index in [9.17, 15) is 9.59 Å². The van der Waals surface area contributed by atoms with Gasteiger partial charge in [-0.25, -0.2) is 0 Å². The first-order chi connectivity index (χ1) is 17.0. The van der Waals surface area contributed by atoms with Crippen molar-refractivity contribution in [3.8, 4) is 17.2 Å². The van der Waals surface area contributed by atoms with Crippen LogP contribution in [0.4, 0.5) is 5.69 Å². The number of carbonyl (C=O) groups is 2. The molecule has 35 heavy (non-hydrogen) atoms. The van der Waals surface area contributed by atoms with E-state index >= 15 is 0 Å². The standard InChI is InChI=1S/C26H30N4O5/c1-33-22-9-5-4-7-18(22)13-24(31)28-20-14-27-30(16-20)17-25(32)29-12-11-19(15-29)21-8-6-10-23(34-2)26(21)35-3/h4-10,14,16,19H,11-13,15,17H2,1-3H3,(H,28,31)/t19-/m1/s1. The minimum absolute atomic E-state index is 0.0237. The zero-order valence-corrected chi connectivity index (χ0v) is 20.2. The maximum atomic E-state index is 12.9. The molecule has 0 unspecified atom stereocenters. The van der Waals surface area contributed by atoms with Gasteiger partial charge in [-0.05, 0) is 18.6 Å². The molecule has 9 nitrogen and oxygen atoms in total. The maximum absolute atomic E-state index is 12.9. The van der Waals surface area contributed by atoms with Crippen LogP contribution < -0.4 is 19.5 Å². The van der Waals surface area contributed by atoms with E-state index in [1.54, 1.807) is 38.4 Å². The fourth-order valence-corrected chi connectivity index (χ4v) is 4.45. The van der Waals surface area contributed by atoms with Gasteiger partial charge < -0.3 is 24.4 Å². The third-order valence-electron chi connectivity index (χ3n) is 6.17. The fourth-order valence-electron chi connectivity index (χ4n) is 4.45. The molecule has 2 aromatic carbocycles. The molecule has 0 spiro atoms. The normalized spacial score (nSPS) is 15.1. The van der Waals surface area contributed by atoms with Crippen molar-refractivity contribution in [2.75, 3.05) is 39.7 Å². The van der Waals surface area contributed by atoms with E-state index in [1.165, 1.54) is 0 Å². The van der Waals surface area contributed by atoms with Gasteiger partial charge in [0.15, 0.2) is 11.5 Å². The summed E-state index contributed by atoms with van der Waals surface area (Å²) >= 11 is 0. The highest BCUT2D eigenvalue weighted by atomic mass is 16.5. The Morgan fingerprint density at radius 2 is 1.80 bits per heavy atom. The lowest BCUT2D eigenvalue weighted by molar-refractivity contribution is -0.131. The average Bonchev–Trinajstić information content (AvgIpc) is 3.53. The number of methoxy groups -OCH3 is 3. The van der Waals surface area contributed by atoms with Crippen molar-refractivity contribution in [1.82, 2.24) is 14.7 Å². The highest BCUT2D eigenvalue weighted by molar-refractivity contribution is 5.92. The van der Waals surface area contributed by atoms with Crippen molar-refractivity contribution in [2.45, 2.75) is 25.3 Å². The molecule has 0 radical (unpaired) electrons. The number of nitrogens with one attached hydrogen (secondary N) is 1. The summed E-state index contributed by atoms with van der Waals surface area (Å²) in [4.78, 5) is 27.2. The number of amides is 2. The van der Waals surface area contributed by atoms with Gasteiger partial charge in [-0.2, -0.15) is 5.10 Å². The number of rotatable bonds is 9. The van der Waals surface area contributed by atoms with E-state index in [-0.39, 0.29) is 30.7 Å². The summed E-state index contributed by atoms with van der Waals surface area (Å²) in [5, 5.41) is 7.07. The van der Waals surface area contributed by atoms with Crippen LogP contribution in [-0.4, -0.2) is 60.9 Å². The summed E-state index contributed by atoms with van der Waals surface area (Å²) < 4.78 is 17.8. The van der Waals surface area contributed by atoms with Gasteiger partial charge in [0.25, 0.3) is 0 Å². The summed E-state index contributed by atoms with van der Waals surface area (Å²) in [5.41, 5.74) is 2.38. The molecule has 0 aliphatic carbocycles. The molecule has 1 atom stereocenters. The smallest absolute Gasteiger partial charge is 0.244 e. The second-order valence-electron chi connectivity index (χ2n) is 8.37. The Morgan fingerprint density at radius 3 is 2.57 bits per heavy atom. The summed E-state index contributed by atoms with van der Waals surface area (Å²) in [7, 11) is 4.82.